The van der Waals surface area contributed by atoms with Crippen LogP contribution in [0.3, 0.4) is 0 Å². The summed E-state index contributed by atoms with van der Waals surface area (Å²) in [5.41, 5.74) is 9.93. The first-order chi connectivity index (χ1) is 9.60. The lowest BCUT2D eigenvalue weighted by Gasteiger charge is -2.39. The fourth-order valence-electron chi connectivity index (χ4n) is 3.32. The third-order valence-corrected chi connectivity index (χ3v) is 5.13. The van der Waals surface area contributed by atoms with Crippen LogP contribution in [0, 0.1) is 19.8 Å². The van der Waals surface area contributed by atoms with Crippen molar-refractivity contribution in [1.29, 1.82) is 0 Å². The van der Waals surface area contributed by atoms with E-state index in [2.05, 4.69) is 39.0 Å². The van der Waals surface area contributed by atoms with Crippen molar-refractivity contribution in [2.75, 3.05) is 6.54 Å². The summed E-state index contributed by atoms with van der Waals surface area (Å²) >= 11 is 0. The number of hydrogen-bond acceptors (Lipinski definition) is 2. The number of aryl methyl sites for hydroxylation is 2. The maximum Gasteiger partial charge on any atom is 0.0808 e. The third-order valence-electron chi connectivity index (χ3n) is 5.13. The minimum atomic E-state index is -0.0829. The fourth-order valence-corrected chi connectivity index (χ4v) is 3.32. The van der Waals surface area contributed by atoms with Crippen molar-refractivity contribution < 1.29 is 4.74 Å². The molecule has 1 aliphatic rings. The number of rotatable bonds is 5. The number of hydrogen-bond donors (Lipinski definition) is 1. The molecule has 1 aromatic rings. The van der Waals surface area contributed by atoms with E-state index < -0.39 is 0 Å². The molecular weight excluding hydrogens is 246 g/mol. The van der Waals surface area contributed by atoms with Gasteiger partial charge in [0.05, 0.1) is 12.2 Å². The summed E-state index contributed by atoms with van der Waals surface area (Å²) in [6, 6.07) is 6.43. The highest BCUT2D eigenvalue weighted by Gasteiger charge is 2.34. The molecule has 1 saturated carbocycles. The largest absolute Gasteiger partial charge is 0.369 e. The van der Waals surface area contributed by atoms with Gasteiger partial charge in [0.15, 0.2) is 0 Å². The molecule has 112 valence electrons. The van der Waals surface area contributed by atoms with Gasteiger partial charge in [-0.2, -0.15) is 0 Å². The summed E-state index contributed by atoms with van der Waals surface area (Å²) in [5, 5.41) is 0. The van der Waals surface area contributed by atoms with Crippen molar-refractivity contribution in [2.24, 2.45) is 11.7 Å². The van der Waals surface area contributed by atoms with Crippen molar-refractivity contribution in [3.8, 4) is 0 Å². The van der Waals surface area contributed by atoms with Crippen LogP contribution >= 0.6 is 0 Å². The number of benzene rings is 1. The highest BCUT2D eigenvalue weighted by atomic mass is 16.5. The van der Waals surface area contributed by atoms with Gasteiger partial charge in [-0.1, -0.05) is 31.5 Å². The Morgan fingerprint density at radius 1 is 1.20 bits per heavy atom. The zero-order chi connectivity index (χ0) is 14.6. The molecule has 0 amide bonds. The van der Waals surface area contributed by atoms with E-state index in [1.807, 2.05) is 0 Å². The minimum absolute atomic E-state index is 0.0829. The Balaban J connectivity index is 2.01. The molecule has 0 radical (unpaired) electrons. The van der Waals surface area contributed by atoms with Gasteiger partial charge in [0.2, 0.25) is 0 Å². The Morgan fingerprint density at radius 3 is 2.30 bits per heavy atom. The predicted molar refractivity (Wildman–Crippen MR) is 84.7 cm³/mol. The average Bonchev–Trinajstić information content (AvgIpc) is 2.47. The van der Waals surface area contributed by atoms with Crippen LogP contribution < -0.4 is 5.73 Å². The number of nitrogens with two attached hydrogens (primary N) is 1. The average molecular weight is 275 g/mol. The first-order valence-corrected chi connectivity index (χ1v) is 7.99. The molecule has 0 unspecified atom stereocenters. The Labute approximate surface area is 123 Å². The lowest BCUT2D eigenvalue weighted by atomic mass is 9.77. The van der Waals surface area contributed by atoms with Crippen LogP contribution in [-0.2, 0) is 11.3 Å². The molecule has 2 rings (SSSR count). The van der Waals surface area contributed by atoms with Crippen molar-refractivity contribution in [3.05, 3.63) is 34.9 Å². The van der Waals surface area contributed by atoms with Crippen LogP contribution in [0.25, 0.3) is 0 Å². The lowest BCUT2D eigenvalue weighted by molar-refractivity contribution is -0.0815. The van der Waals surface area contributed by atoms with E-state index in [0.29, 0.717) is 13.2 Å². The van der Waals surface area contributed by atoms with Crippen molar-refractivity contribution in [2.45, 2.75) is 65.1 Å². The topological polar surface area (TPSA) is 35.2 Å². The Bertz CT molecular complexity index is 413. The van der Waals surface area contributed by atoms with Gasteiger partial charge in [-0.15, -0.1) is 0 Å². The molecule has 2 N–H and O–H groups in total. The van der Waals surface area contributed by atoms with E-state index in [0.717, 1.165) is 18.8 Å². The molecule has 2 heteroatoms. The van der Waals surface area contributed by atoms with E-state index in [9.17, 15) is 0 Å². The zero-order valence-electron chi connectivity index (χ0n) is 13.2. The van der Waals surface area contributed by atoms with E-state index in [-0.39, 0.29) is 5.60 Å². The van der Waals surface area contributed by atoms with Gasteiger partial charge in [-0.05, 0) is 62.1 Å². The summed E-state index contributed by atoms with van der Waals surface area (Å²) in [4.78, 5) is 0. The molecule has 0 heterocycles. The summed E-state index contributed by atoms with van der Waals surface area (Å²) < 4.78 is 6.34. The van der Waals surface area contributed by atoms with Crippen LogP contribution in [0.4, 0.5) is 0 Å². The maximum absolute atomic E-state index is 6.34. The molecule has 0 saturated heterocycles. The second-order valence-electron chi connectivity index (χ2n) is 6.40. The first-order valence-electron chi connectivity index (χ1n) is 7.99. The Kier molecular flexibility index (Phi) is 5.22. The van der Waals surface area contributed by atoms with Gasteiger partial charge in [0.1, 0.15) is 0 Å². The molecule has 2 nitrogen and oxygen atoms in total. The minimum Gasteiger partial charge on any atom is -0.369 e. The number of ether oxygens (including phenoxy) is 1. The van der Waals surface area contributed by atoms with Crippen LogP contribution in [0.1, 0.15) is 55.7 Å². The van der Waals surface area contributed by atoms with E-state index >= 15 is 0 Å². The first kappa shape index (κ1) is 15.5. The van der Waals surface area contributed by atoms with Crippen LogP contribution in [0.15, 0.2) is 18.2 Å². The third kappa shape index (κ3) is 3.42. The molecule has 0 aliphatic heterocycles. The lowest BCUT2D eigenvalue weighted by Crippen LogP contribution is -2.44. The van der Waals surface area contributed by atoms with Gasteiger partial charge in [0.25, 0.3) is 0 Å². The van der Waals surface area contributed by atoms with E-state index in [1.165, 1.54) is 36.0 Å². The summed E-state index contributed by atoms with van der Waals surface area (Å²) in [6.07, 6.45) is 6.05. The van der Waals surface area contributed by atoms with Crippen molar-refractivity contribution in [3.63, 3.8) is 0 Å². The van der Waals surface area contributed by atoms with Crippen molar-refractivity contribution >= 4 is 0 Å². The molecule has 1 aliphatic carbocycles. The monoisotopic (exact) mass is 275 g/mol. The molecule has 1 fully saturated rings. The van der Waals surface area contributed by atoms with Gasteiger partial charge < -0.3 is 10.5 Å². The molecule has 0 bridgehead atoms. The highest BCUT2D eigenvalue weighted by molar-refractivity contribution is 5.32. The molecule has 0 atom stereocenters. The molecule has 0 aromatic heterocycles. The Morgan fingerprint density at radius 2 is 1.80 bits per heavy atom. The van der Waals surface area contributed by atoms with Gasteiger partial charge in [-0.3, -0.25) is 0 Å². The maximum atomic E-state index is 6.34. The van der Waals surface area contributed by atoms with E-state index in [1.54, 1.807) is 0 Å². The van der Waals surface area contributed by atoms with Crippen molar-refractivity contribution in [1.82, 2.24) is 0 Å². The predicted octanol–water partition coefficient (Wildman–Crippen LogP) is 4.12. The molecular formula is C18H29NO. The molecule has 20 heavy (non-hydrogen) atoms. The SMILES string of the molecule is CCC1CCC(CN)(OCc2c(C)cccc2C)CC1. The smallest absolute Gasteiger partial charge is 0.0808 e. The zero-order valence-corrected chi connectivity index (χ0v) is 13.2. The normalized spacial score (nSPS) is 26.7. The Hall–Kier alpha value is -0.860. The summed E-state index contributed by atoms with van der Waals surface area (Å²) in [5.74, 6) is 0.874. The summed E-state index contributed by atoms with van der Waals surface area (Å²) in [6.45, 7) is 7.96. The van der Waals surface area contributed by atoms with Gasteiger partial charge in [-0.25, -0.2) is 0 Å². The second-order valence-corrected chi connectivity index (χ2v) is 6.40. The molecule has 1 aromatic carbocycles. The molecule has 0 spiro atoms. The quantitative estimate of drug-likeness (QED) is 0.877. The van der Waals surface area contributed by atoms with E-state index in [4.69, 9.17) is 10.5 Å². The van der Waals surface area contributed by atoms with Gasteiger partial charge in [0, 0.05) is 6.54 Å². The summed E-state index contributed by atoms with van der Waals surface area (Å²) in [7, 11) is 0. The highest BCUT2D eigenvalue weighted by Crippen LogP contribution is 2.36. The second kappa shape index (κ2) is 6.73. The standard InChI is InChI=1S/C18H29NO/c1-4-16-8-10-18(13-19,11-9-16)20-12-17-14(2)6-5-7-15(17)3/h5-7,16H,4,8-13,19H2,1-3H3. The fraction of sp³-hybridized carbons (Fsp3) is 0.667. The van der Waals surface area contributed by atoms with Gasteiger partial charge >= 0.3 is 0 Å². The van der Waals surface area contributed by atoms with Crippen LogP contribution in [0.5, 0.6) is 0 Å². The van der Waals surface area contributed by atoms with Crippen LogP contribution in [0.2, 0.25) is 0 Å². The van der Waals surface area contributed by atoms with Crippen LogP contribution in [-0.4, -0.2) is 12.1 Å².